The molecule has 1 aliphatic carbocycles. The van der Waals surface area contributed by atoms with Crippen LogP contribution in [0.2, 0.25) is 0 Å². The molecule has 0 aromatic heterocycles. The Kier molecular flexibility index (Phi) is 4.27. The zero-order chi connectivity index (χ0) is 16.4. The van der Waals surface area contributed by atoms with Gasteiger partial charge in [0, 0.05) is 5.56 Å². The molecule has 114 valence electrons. The van der Waals surface area contributed by atoms with Crippen LogP contribution in [0.5, 0.6) is 5.75 Å². The SMILES string of the molecule is C=C(O)/C=C\c1c(O)cc2c(c1C)C(=C/C(=C)O)/C(=C\C)C2. The average molecular weight is 296 g/mol. The molecule has 0 radical (unpaired) electrons. The quantitative estimate of drug-likeness (QED) is 0.557. The predicted octanol–water partition coefficient (Wildman–Crippen LogP) is 4.74. The Morgan fingerprint density at radius 2 is 1.91 bits per heavy atom. The van der Waals surface area contributed by atoms with Gasteiger partial charge in [-0.15, -0.1) is 0 Å². The zero-order valence-corrected chi connectivity index (χ0v) is 12.8. The van der Waals surface area contributed by atoms with Crippen molar-refractivity contribution in [2.75, 3.05) is 0 Å². The van der Waals surface area contributed by atoms with Gasteiger partial charge in [-0.3, -0.25) is 0 Å². The van der Waals surface area contributed by atoms with Gasteiger partial charge >= 0.3 is 0 Å². The summed E-state index contributed by atoms with van der Waals surface area (Å²) >= 11 is 0. The third-order valence-electron chi connectivity index (χ3n) is 3.79. The number of hydrogen-bond acceptors (Lipinski definition) is 3. The lowest BCUT2D eigenvalue weighted by Crippen LogP contribution is -1.93. The standard InChI is InChI=1S/C19H20O3/c1-5-14-9-15-10-18(22)16(7-6-11(2)20)13(4)19(15)17(14)8-12(3)21/h5-8,10,20-22H,2-3,9H2,1,4H3/b7-6-,14-5-,17-8+. The highest BCUT2D eigenvalue weighted by atomic mass is 16.3. The van der Waals surface area contributed by atoms with Crippen LogP contribution >= 0.6 is 0 Å². The molecule has 3 nitrogen and oxygen atoms in total. The van der Waals surface area contributed by atoms with Crippen molar-refractivity contribution in [3.05, 3.63) is 76.8 Å². The average Bonchev–Trinajstić information content (AvgIpc) is 2.75. The molecule has 0 bridgehead atoms. The van der Waals surface area contributed by atoms with Crippen LogP contribution in [0.4, 0.5) is 0 Å². The molecule has 1 aromatic rings. The number of allylic oxidation sites excluding steroid dienone is 5. The van der Waals surface area contributed by atoms with Gasteiger partial charge in [-0.05, 0) is 72.4 Å². The molecule has 3 heteroatoms. The van der Waals surface area contributed by atoms with Crippen LogP contribution in [-0.4, -0.2) is 15.3 Å². The second-order valence-electron chi connectivity index (χ2n) is 5.33. The third-order valence-corrected chi connectivity index (χ3v) is 3.79. The number of aliphatic hydroxyl groups excluding tert-OH is 2. The molecule has 3 N–H and O–H groups in total. The molecule has 0 heterocycles. The van der Waals surface area contributed by atoms with Crippen LogP contribution in [-0.2, 0) is 6.42 Å². The summed E-state index contributed by atoms with van der Waals surface area (Å²) in [4.78, 5) is 0. The maximum absolute atomic E-state index is 10.2. The van der Waals surface area contributed by atoms with Crippen molar-refractivity contribution < 1.29 is 15.3 Å². The smallest absolute Gasteiger partial charge is 0.123 e. The fraction of sp³-hybridized carbons (Fsp3) is 0.158. The second-order valence-corrected chi connectivity index (χ2v) is 5.33. The normalized spacial score (nSPS) is 17.4. The Morgan fingerprint density at radius 3 is 2.45 bits per heavy atom. The van der Waals surface area contributed by atoms with Gasteiger partial charge in [-0.25, -0.2) is 0 Å². The summed E-state index contributed by atoms with van der Waals surface area (Å²) in [6.07, 6.45) is 7.41. The number of phenols is 1. The van der Waals surface area contributed by atoms with Crippen LogP contribution in [0.3, 0.4) is 0 Å². The first-order chi connectivity index (χ1) is 10.3. The summed E-state index contributed by atoms with van der Waals surface area (Å²) in [6.45, 7) is 10.8. The molecule has 0 unspecified atom stereocenters. The van der Waals surface area contributed by atoms with Crippen molar-refractivity contribution in [3.8, 4) is 5.75 Å². The van der Waals surface area contributed by atoms with Gasteiger partial charge in [0.25, 0.3) is 0 Å². The Morgan fingerprint density at radius 1 is 1.23 bits per heavy atom. The second kappa shape index (κ2) is 5.98. The number of fused-ring (bicyclic) bond motifs is 1. The molecule has 1 aromatic carbocycles. The van der Waals surface area contributed by atoms with Crippen LogP contribution in [0.25, 0.3) is 11.6 Å². The molecule has 22 heavy (non-hydrogen) atoms. The predicted molar refractivity (Wildman–Crippen MR) is 90.9 cm³/mol. The third kappa shape index (κ3) is 2.84. The van der Waals surface area contributed by atoms with E-state index in [1.165, 1.54) is 6.08 Å². The fourth-order valence-electron chi connectivity index (χ4n) is 2.84. The monoisotopic (exact) mass is 296 g/mol. The summed E-state index contributed by atoms with van der Waals surface area (Å²) in [7, 11) is 0. The number of rotatable bonds is 3. The minimum atomic E-state index is -0.0760. The van der Waals surface area contributed by atoms with Gasteiger partial charge < -0.3 is 15.3 Å². The van der Waals surface area contributed by atoms with Gasteiger partial charge in [-0.1, -0.05) is 19.2 Å². The minimum absolute atomic E-state index is 0.00416. The molecule has 0 aliphatic heterocycles. The van der Waals surface area contributed by atoms with E-state index in [-0.39, 0.29) is 17.3 Å². The number of aromatic hydroxyl groups is 1. The summed E-state index contributed by atoms with van der Waals surface area (Å²) in [5.74, 6) is 0.0803. The first-order valence-corrected chi connectivity index (χ1v) is 7.02. The van der Waals surface area contributed by atoms with E-state index in [1.54, 1.807) is 18.2 Å². The Balaban J connectivity index is 2.70. The number of phenolic OH excluding ortho intramolecular Hbond substituents is 1. The molecule has 0 saturated heterocycles. The molecule has 0 saturated carbocycles. The van der Waals surface area contributed by atoms with E-state index in [9.17, 15) is 15.3 Å². The molecular formula is C19H20O3. The summed E-state index contributed by atoms with van der Waals surface area (Å²) in [5.41, 5.74) is 5.51. The summed E-state index contributed by atoms with van der Waals surface area (Å²) in [6, 6.07) is 1.73. The first kappa shape index (κ1) is 15.7. The molecular weight excluding hydrogens is 276 g/mol. The van der Waals surface area contributed by atoms with Crippen molar-refractivity contribution in [1.82, 2.24) is 0 Å². The van der Waals surface area contributed by atoms with Gasteiger partial charge in [-0.2, -0.15) is 0 Å². The number of aliphatic hydroxyl groups is 2. The number of benzene rings is 1. The molecule has 1 aliphatic rings. The van der Waals surface area contributed by atoms with Crippen LogP contribution in [0.15, 0.2) is 54.5 Å². The van der Waals surface area contributed by atoms with Crippen molar-refractivity contribution in [3.63, 3.8) is 0 Å². The van der Waals surface area contributed by atoms with Crippen molar-refractivity contribution in [2.45, 2.75) is 20.3 Å². The maximum Gasteiger partial charge on any atom is 0.123 e. The van der Waals surface area contributed by atoms with E-state index in [1.807, 2.05) is 19.9 Å². The first-order valence-electron chi connectivity index (χ1n) is 7.02. The maximum atomic E-state index is 10.2. The van der Waals surface area contributed by atoms with Gasteiger partial charge in [0.15, 0.2) is 0 Å². The Bertz CT molecular complexity index is 746. The highest BCUT2D eigenvalue weighted by Crippen LogP contribution is 2.43. The minimum Gasteiger partial charge on any atom is -0.509 e. The van der Waals surface area contributed by atoms with Gasteiger partial charge in [0.1, 0.15) is 17.3 Å². The lowest BCUT2D eigenvalue weighted by Gasteiger charge is -2.12. The lowest BCUT2D eigenvalue weighted by molar-refractivity contribution is 0.435. The highest BCUT2D eigenvalue weighted by Gasteiger charge is 2.25. The van der Waals surface area contributed by atoms with Crippen molar-refractivity contribution >= 4 is 11.6 Å². The van der Waals surface area contributed by atoms with Crippen LogP contribution in [0.1, 0.15) is 29.2 Å². The Labute approximate surface area is 130 Å². The van der Waals surface area contributed by atoms with E-state index in [0.717, 1.165) is 27.8 Å². The summed E-state index contributed by atoms with van der Waals surface area (Å²) < 4.78 is 0. The van der Waals surface area contributed by atoms with Crippen molar-refractivity contribution in [1.29, 1.82) is 0 Å². The van der Waals surface area contributed by atoms with E-state index in [0.29, 0.717) is 12.0 Å². The molecule has 0 fully saturated rings. The fourth-order valence-corrected chi connectivity index (χ4v) is 2.84. The molecule has 0 spiro atoms. The molecule has 0 atom stereocenters. The number of hydrogen-bond donors (Lipinski definition) is 3. The van der Waals surface area contributed by atoms with Gasteiger partial charge in [0.05, 0.1) is 0 Å². The van der Waals surface area contributed by atoms with E-state index < -0.39 is 0 Å². The topological polar surface area (TPSA) is 60.7 Å². The largest absolute Gasteiger partial charge is 0.509 e. The lowest BCUT2D eigenvalue weighted by atomic mass is 9.94. The Hall–Kier alpha value is -2.68. The van der Waals surface area contributed by atoms with Crippen molar-refractivity contribution in [2.24, 2.45) is 0 Å². The van der Waals surface area contributed by atoms with E-state index >= 15 is 0 Å². The highest BCUT2D eigenvalue weighted by molar-refractivity contribution is 5.90. The van der Waals surface area contributed by atoms with Gasteiger partial charge in [0.2, 0.25) is 0 Å². The van der Waals surface area contributed by atoms with E-state index in [4.69, 9.17) is 0 Å². The van der Waals surface area contributed by atoms with Crippen LogP contribution < -0.4 is 0 Å². The summed E-state index contributed by atoms with van der Waals surface area (Å²) in [5, 5.41) is 29.0. The zero-order valence-electron chi connectivity index (χ0n) is 12.8. The molecule has 0 amide bonds. The molecule has 2 rings (SSSR count). The van der Waals surface area contributed by atoms with Crippen LogP contribution in [0, 0.1) is 6.92 Å². The van der Waals surface area contributed by atoms with E-state index in [2.05, 4.69) is 13.2 Å².